The first-order chi connectivity index (χ1) is 14.2. The number of thiazole rings is 1. The second-order valence-corrected chi connectivity index (χ2v) is 8.79. The quantitative estimate of drug-likeness (QED) is 0.629. The zero-order chi connectivity index (χ0) is 19.8. The fourth-order valence-corrected chi connectivity index (χ4v) is 5.45. The minimum atomic E-state index is 0.0356. The van der Waals surface area contributed by atoms with Gasteiger partial charge in [-0.2, -0.15) is 0 Å². The maximum atomic E-state index is 13.3. The van der Waals surface area contributed by atoms with Crippen LogP contribution in [-0.4, -0.2) is 34.8 Å². The van der Waals surface area contributed by atoms with Crippen molar-refractivity contribution in [3.8, 4) is 0 Å². The van der Waals surface area contributed by atoms with Crippen LogP contribution in [0, 0.1) is 0 Å². The molecule has 2 aromatic carbocycles. The number of piperidine rings is 1. The summed E-state index contributed by atoms with van der Waals surface area (Å²) >= 11 is 1.69. The molecule has 5 rings (SSSR count). The van der Waals surface area contributed by atoms with Crippen molar-refractivity contribution < 1.29 is 9.59 Å². The highest BCUT2D eigenvalue weighted by Crippen LogP contribution is 2.36. The normalized spacial score (nSPS) is 19.9. The summed E-state index contributed by atoms with van der Waals surface area (Å²) in [6.45, 7) is 1.52. The van der Waals surface area contributed by atoms with Gasteiger partial charge in [0.05, 0.1) is 16.3 Å². The van der Waals surface area contributed by atoms with Crippen LogP contribution in [0.15, 0.2) is 48.5 Å². The molecule has 5 nitrogen and oxygen atoms in total. The van der Waals surface area contributed by atoms with E-state index < -0.39 is 0 Å². The molecule has 3 heterocycles. The molecule has 2 saturated heterocycles. The van der Waals surface area contributed by atoms with Gasteiger partial charge in [0.2, 0.25) is 5.91 Å². The van der Waals surface area contributed by atoms with Gasteiger partial charge in [0, 0.05) is 30.8 Å². The lowest BCUT2D eigenvalue weighted by molar-refractivity contribution is -0.117. The van der Waals surface area contributed by atoms with Crippen LogP contribution >= 0.6 is 11.3 Å². The molecule has 29 heavy (non-hydrogen) atoms. The van der Waals surface area contributed by atoms with E-state index in [0.29, 0.717) is 12.0 Å². The number of rotatable bonds is 3. The van der Waals surface area contributed by atoms with Gasteiger partial charge in [0.15, 0.2) is 0 Å². The Hall–Kier alpha value is -2.73. The van der Waals surface area contributed by atoms with E-state index in [1.165, 1.54) is 4.70 Å². The second-order valence-electron chi connectivity index (χ2n) is 7.73. The number of hydrogen-bond donors (Lipinski definition) is 0. The zero-order valence-corrected chi connectivity index (χ0v) is 17.0. The monoisotopic (exact) mass is 405 g/mol. The van der Waals surface area contributed by atoms with Crippen molar-refractivity contribution in [2.24, 2.45) is 0 Å². The summed E-state index contributed by atoms with van der Waals surface area (Å²) < 4.78 is 1.17. The summed E-state index contributed by atoms with van der Waals surface area (Å²) in [4.78, 5) is 33.9. The highest BCUT2D eigenvalue weighted by Gasteiger charge is 2.31. The summed E-state index contributed by atoms with van der Waals surface area (Å²) in [6.07, 6.45) is 4.59. The zero-order valence-electron chi connectivity index (χ0n) is 16.2. The van der Waals surface area contributed by atoms with Crippen LogP contribution in [0.4, 0.5) is 5.69 Å². The number of para-hydroxylation sites is 1. The Balaban J connectivity index is 1.40. The van der Waals surface area contributed by atoms with Crippen molar-refractivity contribution >= 4 is 39.1 Å². The maximum Gasteiger partial charge on any atom is 0.254 e. The average molecular weight is 406 g/mol. The SMILES string of the molecule is O=C1CCCN1c1ccc(C(=O)N2CCCCC2c2nc3ccccc3s2)cc1. The van der Waals surface area contributed by atoms with E-state index in [-0.39, 0.29) is 17.9 Å². The molecule has 148 valence electrons. The average Bonchev–Trinajstić information content (AvgIpc) is 3.39. The lowest BCUT2D eigenvalue weighted by atomic mass is 10.0. The molecule has 1 aromatic heterocycles. The lowest BCUT2D eigenvalue weighted by Crippen LogP contribution is -2.38. The third-order valence-corrected chi connectivity index (χ3v) is 7.00. The Labute approximate surface area is 174 Å². The molecule has 2 fully saturated rings. The Kier molecular flexibility index (Phi) is 4.79. The van der Waals surface area contributed by atoms with Crippen LogP contribution in [0.5, 0.6) is 0 Å². The highest BCUT2D eigenvalue weighted by atomic mass is 32.1. The molecule has 0 radical (unpaired) electrons. The first-order valence-electron chi connectivity index (χ1n) is 10.3. The first kappa shape index (κ1) is 18.3. The van der Waals surface area contributed by atoms with Crippen molar-refractivity contribution in [3.63, 3.8) is 0 Å². The van der Waals surface area contributed by atoms with Gasteiger partial charge < -0.3 is 9.80 Å². The number of aromatic nitrogens is 1. The van der Waals surface area contributed by atoms with Crippen LogP contribution in [0.3, 0.4) is 0 Å². The third kappa shape index (κ3) is 3.42. The van der Waals surface area contributed by atoms with Gasteiger partial charge in [-0.05, 0) is 62.1 Å². The smallest absolute Gasteiger partial charge is 0.254 e. The second kappa shape index (κ2) is 7.59. The molecule has 0 aliphatic carbocycles. The van der Waals surface area contributed by atoms with Gasteiger partial charge in [0.1, 0.15) is 5.01 Å². The highest BCUT2D eigenvalue weighted by molar-refractivity contribution is 7.18. The van der Waals surface area contributed by atoms with Crippen LogP contribution in [-0.2, 0) is 4.79 Å². The molecule has 0 spiro atoms. The van der Waals surface area contributed by atoms with E-state index in [9.17, 15) is 9.59 Å². The summed E-state index contributed by atoms with van der Waals surface area (Å²) in [5.74, 6) is 0.212. The third-order valence-electron chi connectivity index (χ3n) is 5.86. The molecule has 6 heteroatoms. The van der Waals surface area contributed by atoms with Gasteiger partial charge in [-0.25, -0.2) is 4.98 Å². The number of carbonyl (C=O) groups excluding carboxylic acids is 2. The van der Waals surface area contributed by atoms with Crippen LogP contribution < -0.4 is 4.90 Å². The van der Waals surface area contributed by atoms with Crippen molar-refractivity contribution in [2.45, 2.75) is 38.1 Å². The molecule has 2 aliphatic heterocycles. The van der Waals surface area contributed by atoms with Gasteiger partial charge in [-0.15, -0.1) is 11.3 Å². The number of hydrogen-bond acceptors (Lipinski definition) is 4. The summed E-state index contributed by atoms with van der Waals surface area (Å²) in [5, 5.41) is 1.03. The predicted octanol–water partition coefficient (Wildman–Crippen LogP) is 4.79. The van der Waals surface area contributed by atoms with Gasteiger partial charge in [-0.1, -0.05) is 12.1 Å². The number of likely N-dealkylation sites (tertiary alicyclic amines) is 1. The van der Waals surface area contributed by atoms with E-state index >= 15 is 0 Å². The molecule has 0 bridgehead atoms. The Morgan fingerprint density at radius 2 is 1.83 bits per heavy atom. The molecule has 2 amide bonds. The Morgan fingerprint density at radius 1 is 1.00 bits per heavy atom. The van der Waals surface area contributed by atoms with Crippen molar-refractivity contribution in [2.75, 3.05) is 18.0 Å². The number of amides is 2. The summed E-state index contributed by atoms with van der Waals surface area (Å²) in [5.41, 5.74) is 2.56. The lowest BCUT2D eigenvalue weighted by Gasteiger charge is -2.34. The number of anilines is 1. The van der Waals surface area contributed by atoms with E-state index in [2.05, 4.69) is 6.07 Å². The molecule has 2 aliphatic rings. The van der Waals surface area contributed by atoms with Crippen LogP contribution in [0.1, 0.15) is 53.5 Å². The predicted molar refractivity (Wildman–Crippen MR) is 115 cm³/mol. The van der Waals surface area contributed by atoms with Crippen molar-refractivity contribution in [3.05, 3.63) is 59.1 Å². The fourth-order valence-electron chi connectivity index (χ4n) is 4.33. The molecule has 0 saturated carbocycles. The van der Waals surface area contributed by atoms with Crippen molar-refractivity contribution in [1.29, 1.82) is 0 Å². The van der Waals surface area contributed by atoms with Gasteiger partial charge in [-0.3, -0.25) is 9.59 Å². The summed E-state index contributed by atoms with van der Waals surface area (Å²) in [6, 6.07) is 15.7. The van der Waals surface area contributed by atoms with Gasteiger partial charge in [0.25, 0.3) is 5.91 Å². The number of carbonyl (C=O) groups is 2. The minimum Gasteiger partial charge on any atom is -0.329 e. The van der Waals surface area contributed by atoms with E-state index in [1.807, 2.05) is 47.4 Å². The maximum absolute atomic E-state index is 13.3. The molecule has 1 atom stereocenters. The standard InChI is InChI=1S/C23H23N3O2S/c27-21-9-5-15-25(21)17-12-10-16(11-13-17)23(28)26-14-4-3-7-19(26)22-24-18-6-1-2-8-20(18)29-22/h1-2,6,8,10-13,19H,3-5,7,9,14-15H2. The van der Waals surface area contributed by atoms with E-state index in [0.717, 1.165) is 55.0 Å². The number of benzene rings is 2. The van der Waals surface area contributed by atoms with E-state index in [4.69, 9.17) is 4.98 Å². The number of nitrogens with zero attached hydrogens (tertiary/aromatic N) is 3. The largest absolute Gasteiger partial charge is 0.329 e. The van der Waals surface area contributed by atoms with Crippen LogP contribution in [0.2, 0.25) is 0 Å². The molecule has 1 unspecified atom stereocenters. The topological polar surface area (TPSA) is 53.5 Å². The van der Waals surface area contributed by atoms with Crippen molar-refractivity contribution in [1.82, 2.24) is 9.88 Å². The molecule has 0 N–H and O–H groups in total. The van der Waals surface area contributed by atoms with Crippen LogP contribution in [0.25, 0.3) is 10.2 Å². The summed E-state index contributed by atoms with van der Waals surface area (Å²) in [7, 11) is 0. The number of fused-ring (bicyclic) bond motifs is 1. The fraction of sp³-hybridized carbons (Fsp3) is 0.348. The first-order valence-corrected chi connectivity index (χ1v) is 11.1. The van der Waals surface area contributed by atoms with E-state index in [1.54, 1.807) is 16.2 Å². The molecular weight excluding hydrogens is 382 g/mol. The molecular formula is C23H23N3O2S. The molecule has 3 aromatic rings. The minimum absolute atomic E-state index is 0.0356. The Morgan fingerprint density at radius 3 is 2.59 bits per heavy atom. The Bertz CT molecular complexity index is 1030. The van der Waals surface area contributed by atoms with Gasteiger partial charge >= 0.3 is 0 Å².